The first kappa shape index (κ1) is 57.3. The maximum absolute atomic E-state index is 14.1. The number of piperidine rings is 1. The number of likely N-dealkylation sites (tertiary alicyclic amines) is 1. The first-order valence-electron chi connectivity index (χ1n) is 27.0. The van der Waals surface area contributed by atoms with Gasteiger partial charge < -0.3 is 35.3 Å². The predicted molar refractivity (Wildman–Crippen MR) is 309 cm³/mol. The lowest BCUT2D eigenvalue weighted by Crippen LogP contribution is -2.39. The summed E-state index contributed by atoms with van der Waals surface area (Å²) in [5, 5.41) is 24.9. The second-order valence-corrected chi connectivity index (χ2v) is 20.6. The molecule has 1 unspecified atom stereocenters. The molecular formula is C61H57F5N16O2. The fourth-order valence-electron chi connectivity index (χ4n) is 10.0. The number of hydrogen-bond donors (Lipinski definition) is 4. The van der Waals surface area contributed by atoms with Gasteiger partial charge in [0.1, 0.15) is 23.6 Å². The van der Waals surface area contributed by atoms with Gasteiger partial charge in [-0.05, 0) is 138 Å². The molecule has 0 radical (unpaired) electrons. The zero-order valence-electron chi connectivity index (χ0n) is 45.9. The zero-order valence-corrected chi connectivity index (χ0v) is 45.9. The Balaban J connectivity index is 0.000000188. The van der Waals surface area contributed by atoms with Crippen molar-refractivity contribution >= 4 is 56.8 Å². The lowest BCUT2D eigenvalue weighted by Gasteiger charge is -2.33. The number of nitriles is 1. The van der Waals surface area contributed by atoms with Crippen molar-refractivity contribution in [1.29, 1.82) is 5.26 Å². The van der Waals surface area contributed by atoms with Crippen molar-refractivity contribution in [1.82, 2.24) is 59.0 Å². The molecule has 7 heterocycles. The number of fused-ring (bicyclic) bond motifs is 3. The number of amides is 2. The van der Waals surface area contributed by atoms with Crippen LogP contribution in [-0.2, 0) is 6.18 Å². The van der Waals surface area contributed by atoms with E-state index in [9.17, 15) is 36.8 Å². The highest BCUT2D eigenvalue weighted by molar-refractivity contribution is 6.07. The van der Waals surface area contributed by atoms with E-state index in [-0.39, 0.29) is 35.2 Å². The highest BCUT2D eigenvalue weighted by atomic mass is 19.4. The number of alkyl halides is 3. The van der Waals surface area contributed by atoms with Crippen LogP contribution >= 0.6 is 0 Å². The summed E-state index contributed by atoms with van der Waals surface area (Å²) in [7, 11) is 3.85. The maximum atomic E-state index is 14.1. The number of pyridine rings is 1. The summed E-state index contributed by atoms with van der Waals surface area (Å²) in [5.74, 6) is -1.96. The van der Waals surface area contributed by atoms with Gasteiger partial charge in [0.15, 0.2) is 0 Å². The van der Waals surface area contributed by atoms with Crippen LogP contribution in [-0.4, -0.2) is 111 Å². The third-order valence-corrected chi connectivity index (χ3v) is 14.4. The van der Waals surface area contributed by atoms with Crippen LogP contribution in [0.3, 0.4) is 0 Å². The van der Waals surface area contributed by atoms with Gasteiger partial charge in [0, 0.05) is 112 Å². The van der Waals surface area contributed by atoms with Crippen LogP contribution in [0.15, 0.2) is 147 Å². The minimum atomic E-state index is -4.60. The van der Waals surface area contributed by atoms with E-state index in [4.69, 9.17) is 0 Å². The van der Waals surface area contributed by atoms with Gasteiger partial charge in [0.25, 0.3) is 11.8 Å². The van der Waals surface area contributed by atoms with Crippen molar-refractivity contribution in [2.45, 2.75) is 51.2 Å². The normalized spacial score (nSPS) is 13.1. The second-order valence-electron chi connectivity index (χ2n) is 20.6. The van der Waals surface area contributed by atoms with E-state index in [0.29, 0.717) is 43.4 Å². The van der Waals surface area contributed by atoms with E-state index in [1.165, 1.54) is 24.7 Å². The molecule has 10 aromatic rings. The van der Waals surface area contributed by atoms with Gasteiger partial charge >= 0.3 is 6.18 Å². The van der Waals surface area contributed by atoms with E-state index in [1.807, 2.05) is 96.1 Å². The molecule has 84 heavy (non-hydrogen) atoms. The number of imidazole rings is 1. The summed E-state index contributed by atoms with van der Waals surface area (Å²) >= 11 is 0. The standard InChI is InChI=1S/C32H29F2N9O.C29H28F3N7O/c33-24-1-6-28(29(34)18-24)31(44)41-14-9-22(10-15-41)17-27(7-11-35)43-20-23(19-38-43)30-8-12-37-32(40-30)39-25-2-4-26(5-3-25)42-16-13-36-21-42;1-17-24(18-5-6-23-25-15-33-16-36-27(25)38-26(23)11-18)13-22(14-35-17)37-28(40)19-9-20(29(30,31)32)12-21(10-19)34-7-4-8-39(2)3/h1-6,8,12-13,16,18-22,27H,7,9-10,14-15,17H2,(H,37,39,40);5-6,9-16,34H,4,7-8H2,1-3H3,(H,37,40)(H,33,36,38). The molecule has 0 aliphatic carbocycles. The molecule has 4 aromatic carbocycles. The minimum absolute atomic E-state index is 0.104. The van der Waals surface area contributed by atoms with Crippen molar-refractivity contribution in [2.24, 2.45) is 5.92 Å². The Morgan fingerprint density at radius 1 is 0.857 bits per heavy atom. The predicted octanol–water partition coefficient (Wildman–Crippen LogP) is 12.1. The van der Waals surface area contributed by atoms with Crippen LogP contribution in [0.4, 0.5) is 45.0 Å². The number of aromatic nitrogens is 10. The van der Waals surface area contributed by atoms with Crippen molar-refractivity contribution in [3.05, 3.63) is 181 Å². The Morgan fingerprint density at radius 3 is 2.43 bits per heavy atom. The zero-order chi connectivity index (χ0) is 58.9. The SMILES string of the molecule is Cc1ncc(NC(=O)c2cc(NCCCN(C)C)cc(C(F)(F)F)c2)cc1-c1ccc2c(c1)[nH]c1ncncc12.N#CCC(CC1CCN(C(=O)c2ccc(F)cc2F)CC1)n1cc(-c2ccnc(Nc3ccc(-n4ccnc4)cc3)n2)cn1. The number of carbonyl (C=O) groups excluding carboxylic acids is 2. The van der Waals surface area contributed by atoms with Crippen LogP contribution in [0.5, 0.6) is 0 Å². The van der Waals surface area contributed by atoms with Gasteiger partial charge in [0.05, 0.1) is 59.8 Å². The third-order valence-electron chi connectivity index (χ3n) is 14.4. The number of carbonyl (C=O) groups is 2. The number of aromatic amines is 1. The molecule has 0 saturated carbocycles. The Labute approximate surface area is 479 Å². The molecule has 1 saturated heterocycles. The molecule has 0 spiro atoms. The van der Waals surface area contributed by atoms with Crippen LogP contribution in [0.1, 0.15) is 70.1 Å². The number of benzene rings is 4. The molecule has 23 heteroatoms. The molecule has 2 amide bonds. The Bertz CT molecular complexity index is 3980. The van der Waals surface area contributed by atoms with Gasteiger partial charge in [-0.2, -0.15) is 23.5 Å². The number of hydrogen-bond acceptors (Lipinski definition) is 13. The van der Waals surface area contributed by atoms with E-state index in [2.05, 4.69) is 62.0 Å². The number of nitrogens with one attached hydrogen (secondary N) is 4. The van der Waals surface area contributed by atoms with E-state index in [0.717, 1.165) is 106 Å². The van der Waals surface area contributed by atoms with Crippen molar-refractivity contribution in [3.63, 3.8) is 0 Å². The summed E-state index contributed by atoms with van der Waals surface area (Å²) in [6.07, 6.45) is 13.9. The smallest absolute Gasteiger partial charge is 0.385 e. The number of aryl methyl sites for hydroxylation is 1. The van der Waals surface area contributed by atoms with Gasteiger partial charge in [-0.25, -0.2) is 33.7 Å². The summed E-state index contributed by atoms with van der Waals surface area (Å²) in [6, 6.07) is 25.7. The molecule has 11 rings (SSSR count). The summed E-state index contributed by atoms with van der Waals surface area (Å²) < 4.78 is 72.0. The fourth-order valence-corrected chi connectivity index (χ4v) is 10.0. The van der Waals surface area contributed by atoms with Crippen LogP contribution in [0.25, 0.3) is 50.0 Å². The third kappa shape index (κ3) is 13.9. The average Bonchev–Trinajstić information content (AvgIpc) is 4.26. The van der Waals surface area contributed by atoms with Crippen molar-refractivity contribution < 1.29 is 31.5 Å². The van der Waals surface area contributed by atoms with Crippen molar-refractivity contribution in [2.75, 3.05) is 56.2 Å². The lowest BCUT2D eigenvalue weighted by atomic mass is 9.89. The average molecular weight is 1140 g/mol. The largest absolute Gasteiger partial charge is 0.416 e. The lowest BCUT2D eigenvalue weighted by molar-refractivity contribution is -0.137. The number of rotatable bonds is 17. The van der Waals surface area contributed by atoms with E-state index >= 15 is 0 Å². The molecule has 1 aliphatic rings. The molecule has 6 aromatic heterocycles. The van der Waals surface area contributed by atoms with Crippen LogP contribution in [0, 0.1) is 35.8 Å². The van der Waals surface area contributed by atoms with Gasteiger partial charge in [-0.1, -0.05) is 12.1 Å². The highest BCUT2D eigenvalue weighted by Crippen LogP contribution is 2.35. The van der Waals surface area contributed by atoms with E-state index < -0.39 is 35.2 Å². The molecule has 1 atom stereocenters. The summed E-state index contributed by atoms with van der Waals surface area (Å²) in [6.45, 7) is 4.03. The van der Waals surface area contributed by atoms with Gasteiger partial charge in [-0.15, -0.1) is 0 Å². The van der Waals surface area contributed by atoms with Crippen LogP contribution in [0.2, 0.25) is 0 Å². The summed E-state index contributed by atoms with van der Waals surface area (Å²) in [4.78, 5) is 58.7. The monoisotopic (exact) mass is 1140 g/mol. The Kier molecular flexibility index (Phi) is 17.4. The highest BCUT2D eigenvalue weighted by Gasteiger charge is 2.32. The van der Waals surface area contributed by atoms with Gasteiger partial charge in [0.2, 0.25) is 5.95 Å². The first-order chi connectivity index (χ1) is 40.5. The molecule has 1 fully saturated rings. The number of halogens is 5. The number of anilines is 4. The second kappa shape index (κ2) is 25.5. The van der Waals surface area contributed by atoms with Crippen LogP contribution < -0.4 is 16.0 Å². The van der Waals surface area contributed by atoms with E-state index in [1.54, 1.807) is 42.1 Å². The number of nitrogens with zero attached hydrogens (tertiary/aromatic N) is 12. The fraction of sp³-hybridized carbons (Fsp3) is 0.246. The van der Waals surface area contributed by atoms with Gasteiger partial charge in [-0.3, -0.25) is 19.3 Å². The number of H-pyrrole nitrogens is 1. The topological polar surface area (TPSA) is 216 Å². The molecule has 4 N–H and O–H groups in total. The first-order valence-corrected chi connectivity index (χ1v) is 27.0. The molecule has 1 aliphatic heterocycles. The summed E-state index contributed by atoms with van der Waals surface area (Å²) in [5.41, 5.74) is 6.77. The minimum Gasteiger partial charge on any atom is -0.385 e. The quantitative estimate of drug-likeness (QED) is 0.0493. The Morgan fingerprint density at radius 2 is 1.68 bits per heavy atom. The Hall–Kier alpha value is -9.95. The van der Waals surface area contributed by atoms with Crippen molar-refractivity contribution in [3.8, 4) is 34.1 Å². The molecule has 0 bridgehead atoms. The molecule has 18 nitrogen and oxygen atoms in total. The molecular weight excluding hydrogens is 1080 g/mol. The maximum Gasteiger partial charge on any atom is 0.416 e. The molecule has 428 valence electrons.